The third-order valence-electron chi connectivity index (χ3n) is 4.28. The Morgan fingerprint density at radius 2 is 2.13 bits per heavy atom. The van der Waals surface area contributed by atoms with Crippen molar-refractivity contribution in [2.75, 3.05) is 6.54 Å². The minimum atomic E-state index is -0.586. The molecule has 23 heavy (non-hydrogen) atoms. The van der Waals surface area contributed by atoms with Crippen LogP contribution in [0.3, 0.4) is 0 Å². The molecule has 1 N–H and O–H groups in total. The standard InChI is InChI=1S/C18H20FN3O/c1-13-9-15(12-22(13)11-14-5-3-2-4-6-14)21-18(23)16-7-8-20-10-17(16)19/h2-8,10,13,15H,9,11-12H2,1H3,(H,21,23). The number of nitrogens with one attached hydrogen (secondary N) is 1. The number of benzene rings is 1. The Kier molecular flexibility index (Phi) is 4.67. The number of carbonyl (C=O) groups is 1. The normalized spacial score (nSPS) is 21.3. The number of hydrogen-bond donors (Lipinski definition) is 1. The van der Waals surface area contributed by atoms with Gasteiger partial charge in [-0.25, -0.2) is 4.39 Å². The van der Waals surface area contributed by atoms with Gasteiger partial charge in [-0.05, 0) is 25.0 Å². The predicted octanol–water partition coefficient (Wildman–Crippen LogP) is 2.61. The zero-order valence-corrected chi connectivity index (χ0v) is 13.1. The second-order valence-corrected chi connectivity index (χ2v) is 6.03. The molecule has 2 atom stereocenters. The maximum Gasteiger partial charge on any atom is 0.254 e. The van der Waals surface area contributed by atoms with Crippen LogP contribution in [-0.2, 0) is 6.54 Å². The fraction of sp³-hybridized carbons (Fsp3) is 0.333. The minimum absolute atomic E-state index is 0.0359. The van der Waals surface area contributed by atoms with Gasteiger partial charge in [0.15, 0.2) is 5.82 Å². The Labute approximate surface area is 135 Å². The number of hydrogen-bond acceptors (Lipinski definition) is 3. The van der Waals surface area contributed by atoms with Crippen LogP contribution in [0.25, 0.3) is 0 Å². The van der Waals surface area contributed by atoms with Crippen LogP contribution in [0.1, 0.15) is 29.3 Å². The molecule has 3 rings (SSSR count). The molecular weight excluding hydrogens is 293 g/mol. The van der Waals surface area contributed by atoms with E-state index in [1.54, 1.807) is 0 Å². The first-order chi connectivity index (χ1) is 11.1. The molecule has 1 aliphatic rings. The van der Waals surface area contributed by atoms with E-state index in [0.717, 1.165) is 25.7 Å². The quantitative estimate of drug-likeness (QED) is 0.944. The molecule has 2 aromatic rings. The van der Waals surface area contributed by atoms with Gasteiger partial charge in [0.05, 0.1) is 11.8 Å². The molecular formula is C18H20FN3O. The van der Waals surface area contributed by atoms with Crippen LogP contribution < -0.4 is 5.32 Å². The number of aromatic nitrogens is 1. The fourth-order valence-corrected chi connectivity index (χ4v) is 3.06. The van der Waals surface area contributed by atoms with Crippen LogP contribution in [0, 0.1) is 5.82 Å². The third kappa shape index (κ3) is 3.74. The molecule has 1 aliphatic heterocycles. The molecule has 2 unspecified atom stereocenters. The van der Waals surface area contributed by atoms with Gasteiger partial charge in [0.1, 0.15) is 0 Å². The SMILES string of the molecule is CC1CC(NC(=O)c2ccncc2F)CN1Cc1ccccc1. The fourth-order valence-electron chi connectivity index (χ4n) is 3.06. The minimum Gasteiger partial charge on any atom is -0.348 e. The number of rotatable bonds is 4. The van der Waals surface area contributed by atoms with Crippen molar-refractivity contribution in [3.63, 3.8) is 0 Å². The molecule has 1 amide bonds. The van der Waals surface area contributed by atoms with E-state index in [1.807, 2.05) is 18.2 Å². The predicted molar refractivity (Wildman–Crippen MR) is 86.4 cm³/mol. The smallest absolute Gasteiger partial charge is 0.254 e. The molecule has 4 nitrogen and oxygen atoms in total. The summed E-state index contributed by atoms with van der Waals surface area (Å²) >= 11 is 0. The maximum absolute atomic E-state index is 13.6. The van der Waals surface area contributed by atoms with Gasteiger partial charge in [-0.1, -0.05) is 30.3 Å². The van der Waals surface area contributed by atoms with E-state index in [4.69, 9.17) is 0 Å². The first-order valence-corrected chi connectivity index (χ1v) is 7.82. The number of amides is 1. The van der Waals surface area contributed by atoms with Crippen molar-refractivity contribution in [1.29, 1.82) is 0 Å². The van der Waals surface area contributed by atoms with Crippen molar-refractivity contribution in [3.8, 4) is 0 Å². The lowest BCUT2D eigenvalue weighted by Gasteiger charge is -2.20. The van der Waals surface area contributed by atoms with E-state index in [2.05, 4.69) is 34.3 Å². The van der Waals surface area contributed by atoms with Crippen LogP contribution in [0.4, 0.5) is 4.39 Å². The Bertz CT molecular complexity index is 677. The number of carbonyl (C=O) groups excluding carboxylic acids is 1. The van der Waals surface area contributed by atoms with Crippen molar-refractivity contribution >= 4 is 5.91 Å². The molecule has 0 bridgehead atoms. The van der Waals surface area contributed by atoms with Crippen molar-refractivity contribution in [2.24, 2.45) is 0 Å². The van der Waals surface area contributed by atoms with Crippen LogP contribution in [0.2, 0.25) is 0 Å². The van der Waals surface area contributed by atoms with Crippen LogP contribution in [0.15, 0.2) is 48.8 Å². The zero-order valence-electron chi connectivity index (χ0n) is 13.1. The molecule has 1 saturated heterocycles. The summed E-state index contributed by atoms with van der Waals surface area (Å²) in [6, 6.07) is 12.1. The van der Waals surface area contributed by atoms with Crippen LogP contribution >= 0.6 is 0 Å². The van der Waals surface area contributed by atoms with E-state index >= 15 is 0 Å². The first-order valence-electron chi connectivity index (χ1n) is 7.82. The second kappa shape index (κ2) is 6.87. The summed E-state index contributed by atoms with van der Waals surface area (Å²) in [6.45, 7) is 3.79. The highest BCUT2D eigenvalue weighted by molar-refractivity contribution is 5.94. The van der Waals surface area contributed by atoms with E-state index in [1.165, 1.54) is 17.8 Å². The van der Waals surface area contributed by atoms with E-state index in [9.17, 15) is 9.18 Å². The largest absolute Gasteiger partial charge is 0.348 e. The second-order valence-electron chi connectivity index (χ2n) is 6.03. The summed E-state index contributed by atoms with van der Waals surface area (Å²) in [7, 11) is 0. The molecule has 2 heterocycles. The van der Waals surface area contributed by atoms with Crippen molar-refractivity contribution < 1.29 is 9.18 Å². The summed E-state index contributed by atoms with van der Waals surface area (Å²) in [5, 5.41) is 2.93. The average molecular weight is 313 g/mol. The van der Waals surface area contributed by atoms with E-state index in [0.29, 0.717) is 6.04 Å². The maximum atomic E-state index is 13.6. The zero-order chi connectivity index (χ0) is 16.2. The van der Waals surface area contributed by atoms with Gasteiger partial charge in [-0.15, -0.1) is 0 Å². The Hall–Kier alpha value is -2.27. The van der Waals surface area contributed by atoms with Crippen molar-refractivity contribution in [1.82, 2.24) is 15.2 Å². The lowest BCUT2D eigenvalue weighted by atomic mass is 10.1. The van der Waals surface area contributed by atoms with Gasteiger partial charge in [0, 0.05) is 31.4 Å². The van der Waals surface area contributed by atoms with E-state index < -0.39 is 5.82 Å². The Balaban J connectivity index is 1.60. The number of nitrogens with zero attached hydrogens (tertiary/aromatic N) is 2. The molecule has 0 radical (unpaired) electrons. The molecule has 1 aromatic heterocycles. The van der Waals surface area contributed by atoms with Gasteiger partial charge in [0.25, 0.3) is 5.91 Å². The van der Waals surface area contributed by atoms with Gasteiger partial charge < -0.3 is 5.32 Å². The van der Waals surface area contributed by atoms with Crippen LogP contribution in [0.5, 0.6) is 0 Å². The number of pyridine rings is 1. The summed E-state index contributed by atoms with van der Waals surface area (Å²) < 4.78 is 13.6. The molecule has 1 aromatic carbocycles. The molecule has 0 saturated carbocycles. The lowest BCUT2D eigenvalue weighted by molar-refractivity contribution is 0.0933. The van der Waals surface area contributed by atoms with Gasteiger partial charge in [-0.3, -0.25) is 14.7 Å². The Morgan fingerprint density at radius 1 is 1.35 bits per heavy atom. The van der Waals surface area contributed by atoms with Gasteiger partial charge in [-0.2, -0.15) is 0 Å². The summed E-state index contributed by atoms with van der Waals surface area (Å²) in [5.41, 5.74) is 1.31. The van der Waals surface area contributed by atoms with Crippen molar-refractivity contribution in [3.05, 3.63) is 65.7 Å². The van der Waals surface area contributed by atoms with Gasteiger partial charge >= 0.3 is 0 Å². The molecule has 120 valence electrons. The Morgan fingerprint density at radius 3 is 2.87 bits per heavy atom. The first kappa shape index (κ1) is 15.6. The molecule has 1 fully saturated rings. The highest BCUT2D eigenvalue weighted by Crippen LogP contribution is 2.20. The number of halogens is 1. The summed E-state index contributed by atoms with van der Waals surface area (Å²) in [4.78, 5) is 18.2. The molecule has 5 heteroatoms. The highest BCUT2D eigenvalue weighted by Gasteiger charge is 2.30. The van der Waals surface area contributed by atoms with Gasteiger partial charge in [0.2, 0.25) is 0 Å². The molecule has 0 spiro atoms. The van der Waals surface area contributed by atoms with Crippen molar-refractivity contribution in [2.45, 2.75) is 32.0 Å². The monoisotopic (exact) mass is 313 g/mol. The van der Waals surface area contributed by atoms with Crippen LogP contribution in [-0.4, -0.2) is 34.4 Å². The summed E-state index contributed by atoms with van der Waals surface area (Å²) in [5.74, 6) is -0.958. The summed E-state index contributed by atoms with van der Waals surface area (Å²) in [6.07, 6.45) is 3.36. The lowest BCUT2D eigenvalue weighted by Crippen LogP contribution is -2.37. The number of likely N-dealkylation sites (tertiary alicyclic amines) is 1. The highest BCUT2D eigenvalue weighted by atomic mass is 19.1. The third-order valence-corrected chi connectivity index (χ3v) is 4.28. The topological polar surface area (TPSA) is 45.2 Å². The van der Waals surface area contributed by atoms with E-state index in [-0.39, 0.29) is 17.5 Å². The average Bonchev–Trinajstić information content (AvgIpc) is 2.88. The molecule has 0 aliphatic carbocycles.